The first-order chi connectivity index (χ1) is 12.9. The van der Waals surface area contributed by atoms with Crippen molar-refractivity contribution < 1.29 is 13.2 Å². The number of carbonyl (C=O) groups excluding carboxylic acids is 1. The molecule has 3 rings (SSSR count). The van der Waals surface area contributed by atoms with Crippen LogP contribution in [0.5, 0.6) is 0 Å². The highest BCUT2D eigenvalue weighted by atomic mass is 32.2. The van der Waals surface area contributed by atoms with Crippen LogP contribution in [0.2, 0.25) is 0 Å². The monoisotopic (exact) mass is 387 g/mol. The molecular formula is C20H25N3O3S. The van der Waals surface area contributed by atoms with Crippen molar-refractivity contribution in [3.05, 3.63) is 53.7 Å². The van der Waals surface area contributed by atoms with Crippen LogP contribution in [0, 0.1) is 6.92 Å². The van der Waals surface area contributed by atoms with Crippen molar-refractivity contribution in [3.63, 3.8) is 0 Å². The summed E-state index contributed by atoms with van der Waals surface area (Å²) in [6.45, 7) is 4.30. The molecule has 0 aliphatic carbocycles. The van der Waals surface area contributed by atoms with Crippen molar-refractivity contribution in [2.75, 3.05) is 23.7 Å². The van der Waals surface area contributed by atoms with Gasteiger partial charge in [0.2, 0.25) is 5.91 Å². The van der Waals surface area contributed by atoms with E-state index in [1.54, 1.807) is 30.5 Å². The molecule has 7 heteroatoms. The van der Waals surface area contributed by atoms with Crippen molar-refractivity contribution in [2.24, 2.45) is 0 Å². The van der Waals surface area contributed by atoms with Gasteiger partial charge >= 0.3 is 0 Å². The number of hydrogen-bond donors (Lipinski definition) is 1. The lowest BCUT2D eigenvalue weighted by atomic mass is 10.2. The number of carbonyl (C=O) groups is 1. The molecule has 0 bridgehead atoms. The normalized spacial score (nSPS) is 14.3. The number of nitrogens with one attached hydrogen (secondary N) is 1. The first kappa shape index (κ1) is 19.4. The number of rotatable bonds is 7. The Bertz CT molecular complexity index is 889. The van der Waals surface area contributed by atoms with Crippen molar-refractivity contribution in [3.8, 4) is 0 Å². The molecule has 1 aromatic heterocycles. The summed E-state index contributed by atoms with van der Waals surface area (Å²) in [5.41, 5.74) is 1.96. The van der Waals surface area contributed by atoms with Crippen molar-refractivity contribution in [1.29, 1.82) is 0 Å². The van der Waals surface area contributed by atoms with Crippen molar-refractivity contribution in [1.82, 2.24) is 10.3 Å². The number of pyridine rings is 1. The first-order valence-electron chi connectivity index (χ1n) is 9.20. The van der Waals surface area contributed by atoms with Gasteiger partial charge in [-0.15, -0.1) is 0 Å². The minimum Gasteiger partial charge on any atom is -0.357 e. The number of nitrogens with zero attached hydrogens (tertiary/aromatic N) is 2. The van der Waals surface area contributed by atoms with Crippen LogP contribution in [-0.2, 0) is 21.2 Å². The van der Waals surface area contributed by atoms with Gasteiger partial charge in [-0.2, -0.15) is 0 Å². The summed E-state index contributed by atoms with van der Waals surface area (Å²) in [7, 11) is -3.45. The third-order valence-corrected chi connectivity index (χ3v) is 6.44. The van der Waals surface area contributed by atoms with Crippen molar-refractivity contribution in [2.45, 2.75) is 37.6 Å². The maximum atomic E-state index is 12.3. The summed E-state index contributed by atoms with van der Waals surface area (Å²) < 4.78 is 24.6. The molecule has 1 aliphatic heterocycles. The molecule has 1 aromatic carbocycles. The van der Waals surface area contributed by atoms with E-state index < -0.39 is 9.84 Å². The molecule has 1 amide bonds. The van der Waals surface area contributed by atoms with E-state index in [-0.39, 0.29) is 23.0 Å². The van der Waals surface area contributed by atoms with E-state index in [0.717, 1.165) is 30.0 Å². The zero-order valence-corrected chi connectivity index (χ0v) is 16.3. The molecule has 0 spiro atoms. The molecule has 2 aromatic rings. The minimum atomic E-state index is -3.45. The lowest BCUT2D eigenvalue weighted by molar-refractivity contribution is -0.120. The predicted octanol–water partition coefficient (Wildman–Crippen LogP) is 2.47. The molecule has 2 heterocycles. The number of anilines is 1. The minimum absolute atomic E-state index is 0.0553. The number of benzene rings is 1. The fourth-order valence-corrected chi connectivity index (χ4v) is 4.31. The zero-order valence-electron chi connectivity index (χ0n) is 15.5. The highest BCUT2D eigenvalue weighted by Gasteiger charge is 2.17. The van der Waals surface area contributed by atoms with Gasteiger partial charge in [-0.1, -0.05) is 17.7 Å². The summed E-state index contributed by atoms with van der Waals surface area (Å²) in [5, 5.41) is 2.80. The van der Waals surface area contributed by atoms with Crippen LogP contribution in [0.3, 0.4) is 0 Å². The van der Waals surface area contributed by atoms with Crippen LogP contribution >= 0.6 is 0 Å². The summed E-state index contributed by atoms with van der Waals surface area (Å²) in [5.74, 6) is 0.462. The highest BCUT2D eigenvalue weighted by Crippen LogP contribution is 2.18. The Morgan fingerprint density at radius 2 is 1.85 bits per heavy atom. The average Bonchev–Trinajstić information content (AvgIpc) is 3.20. The van der Waals surface area contributed by atoms with Gasteiger partial charge in [-0.3, -0.25) is 4.79 Å². The largest absolute Gasteiger partial charge is 0.357 e. The molecule has 144 valence electrons. The lowest BCUT2D eigenvalue weighted by Crippen LogP contribution is -2.25. The second-order valence-corrected chi connectivity index (χ2v) is 8.98. The van der Waals surface area contributed by atoms with Crippen LogP contribution in [0.15, 0.2) is 47.5 Å². The molecule has 0 radical (unpaired) electrons. The standard InChI is InChI=1S/C20H25N3O3S/c1-16-4-6-18(7-5-16)27(25,26)13-9-20(24)22-15-17-8-10-21-19(14-17)23-11-2-3-12-23/h4-8,10,14H,2-3,9,11-13,15H2,1H3,(H,22,24). The van der Waals surface area contributed by atoms with Gasteiger partial charge in [-0.05, 0) is 49.6 Å². The van der Waals surface area contributed by atoms with E-state index in [0.29, 0.717) is 6.54 Å². The van der Waals surface area contributed by atoms with E-state index in [2.05, 4.69) is 15.2 Å². The molecule has 1 aliphatic rings. The van der Waals surface area contributed by atoms with Gasteiger partial charge < -0.3 is 10.2 Å². The fourth-order valence-electron chi connectivity index (χ4n) is 3.07. The molecule has 1 N–H and O–H groups in total. The second kappa shape index (κ2) is 8.52. The van der Waals surface area contributed by atoms with Crippen LogP contribution in [0.4, 0.5) is 5.82 Å². The SMILES string of the molecule is Cc1ccc(S(=O)(=O)CCC(=O)NCc2ccnc(N3CCCC3)c2)cc1. The van der Waals surface area contributed by atoms with Gasteiger partial charge in [-0.25, -0.2) is 13.4 Å². The third-order valence-electron chi connectivity index (χ3n) is 4.71. The van der Waals surface area contributed by atoms with E-state index in [1.165, 1.54) is 12.8 Å². The zero-order chi connectivity index (χ0) is 19.3. The Morgan fingerprint density at radius 1 is 1.15 bits per heavy atom. The summed E-state index contributed by atoms with van der Waals surface area (Å²) >= 11 is 0. The number of aryl methyl sites for hydroxylation is 1. The van der Waals surface area contributed by atoms with E-state index in [1.807, 2.05) is 19.1 Å². The van der Waals surface area contributed by atoms with Crippen LogP contribution in [0.25, 0.3) is 0 Å². The van der Waals surface area contributed by atoms with Crippen LogP contribution in [0.1, 0.15) is 30.4 Å². The second-order valence-electron chi connectivity index (χ2n) is 6.88. The predicted molar refractivity (Wildman–Crippen MR) is 105 cm³/mol. The maximum Gasteiger partial charge on any atom is 0.221 e. The molecule has 27 heavy (non-hydrogen) atoms. The molecule has 1 fully saturated rings. The van der Waals surface area contributed by atoms with Gasteiger partial charge in [0.25, 0.3) is 0 Å². The van der Waals surface area contributed by atoms with E-state index in [4.69, 9.17) is 0 Å². The highest BCUT2D eigenvalue weighted by molar-refractivity contribution is 7.91. The molecule has 0 atom stereocenters. The smallest absolute Gasteiger partial charge is 0.221 e. The maximum absolute atomic E-state index is 12.3. The molecule has 0 unspecified atom stereocenters. The molecule has 0 saturated carbocycles. The first-order valence-corrected chi connectivity index (χ1v) is 10.9. The quantitative estimate of drug-likeness (QED) is 0.789. The number of aromatic nitrogens is 1. The van der Waals surface area contributed by atoms with Gasteiger partial charge in [0, 0.05) is 32.3 Å². The van der Waals surface area contributed by atoms with E-state index >= 15 is 0 Å². The summed E-state index contributed by atoms with van der Waals surface area (Å²) in [6.07, 6.45) is 4.05. The Kier molecular flexibility index (Phi) is 6.11. The van der Waals surface area contributed by atoms with Gasteiger partial charge in [0.1, 0.15) is 5.82 Å². The average molecular weight is 388 g/mol. The van der Waals surface area contributed by atoms with Crippen molar-refractivity contribution >= 4 is 21.6 Å². The number of hydrogen-bond acceptors (Lipinski definition) is 5. The summed E-state index contributed by atoms with van der Waals surface area (Å²) in [6, 6.07) is 10.5. The van der Waals surface area contributed by atoms with Gasteiger partial charge in [0.15, 0.2) is 9.84 Å². The van der Waals surface area contributed by atoms with Crippen LogP contribution < -0.4 is 10.2 Å². The Morgan fingerprint density at radius 3 is 2.56 bits per heavy atom. The Hall–Kier alpha value is -2.41. The number of amides is 1. The Balaban J connectivity index is 1.51. The topological polar surface area (TPSA) is 79.4 Å². The molecule has 1 saturated heterocycles. The molecular weight excluding hydrogens is 362 g/mol. The lowest BCUT2D eigenvalue weighted by Gasteiger charge is -2.17. The molecule has 6 nitrogen and oxygen atoms in total. The van der Waals surface area contributed by atoms with E-state index in [9.17, 15) is 13.2 Å². The summed E-state index contributed by atoms with van der Waals surface area (Å²) in [4.78, 5) is 19.0. The van der Waals surface area contributed by atoms with Gasteiger partial charge in [0.05, 0.1) is 10.6 Å². The fraction of sp³-hybridized carbons (Fsp3) is 0.400. The third kappa shape index (κ3) is 5.29. The number of sulfone groups is 1. The van der Waals surface area contributed by atoms with Crippen LogP contribution in [-0.4, -0.2) is 38.2 Å². The Labute approximate surface area is 160 Å².